The average Bonchev–Trinajstić information content (AvgIpc) is 2.76. The van der Waals surface area contributed by atoms with Crippen molar-refractivity contribution in [1.29, 1.82) is 0 Å². The number of nitrogens with one attached hydrogen (secondary N) is 1. The topological polar surface area (TPSA) is 12.0 Å². The third-order valence-electron chi connectivity index (χ3n) is 3.02. The third-order valence-corrected chi connectivity index (χ3v) is 6.03. The highest BCUT2D eigenvalue weighted by Gasteiger charge is 2.18. The Morgan fingerprint density at radius 3 is 2.68 bits per heavy atom. The molecule has 0 aliphatic rings. The Bertz CT molecular complexity index is 531. The number of thiophene rings is 1. The Morgan fingerprint density at radius 1 is 1.37 bits per heavy atom. The van der Waals surface area contributed by atoms with Gasteiger partial charge in [-0.25, -0.2) is 0 Å². The van der Waals surface area contributed by atoms with Crippen LogP contribution in [0.2, 0.25) is 0 Å². The van der Waals surface area contributed by atoms with Crippen LogP contribution in [0.15, 0.2) is 39.0 Å². The van der Waals surface area contributed by atoms with Gasteiger partial charge in [-0.3, -0.25) is 0 Å². The van der Waals surface area contributed by atoms with Crippen molar-refractivity contribution in [2.24, 2.45) is 0 Å². The quantitative estimate of drug-likeness (QED) is 0.736. The van der Waals surface area contributed by atoms with E-state index in [0.717, 1.165) is 6.54 Å². The molecular weight excluding hydrogens is 338 g/mol. The molecule has 0 amide bonds. The first kappa shape index (κ1) is 15.1. The van der Waals surface area contributed by atoms with Crippen molar-refractivity contribution in [3.8, 4) is 0 Å². The summed E-state index contributed by atoms with van der Waals surface area (Å²) < 4.78 is 1.23. The van der Waals surface area contributed by atoms with Crippen LogP contribution in [0.25, 0.3) is 0 Å². The molecule has 0 bridgehead atoms. The molecule has 0 saturated heterocycles. The maximum atomic E-state index is 3.63. The molecule has 2 aromatic rings. The molecule has 1 atom stereocenters. The number of rotatable bonds is 5. The van der Waals surface area contributed by atoms with Gasteiger partial charge in [-0.1, -0.05) is 25.1 Å². The summed E-state index contributed by atoms with van der Waals surface area (Å²) in [5.41, 5.74) is 2.68. The monoisotopic (exact) mass is 355 g/mol. The van der Waals surface area contributed by atoms with Crippen LogP contribution in [-0.2, 0) is 0 Å². The molecule has 1 aromatic heterocycles. The zero-order valence-electron chi connectivity index (χ0n) is 11.4. The molecule has 0 spiro atoms. The zero-order valence-corrected chi connectivity index (χ0v) is 14.6. The minimum atomic E-state index is 0.281. The van der Waals surface area contributed by atoms with Crippen molar-refractivity contribution in [3.63, 3.8) is 0 Å². The van der Waals surface area contributed by atoms with Crippen LogP contribution >= 0.6 is 39.0 Å². The lowest BCUT2D eigenvalue weighted by Gasteiger charge is -2.19. The van der Waals surface area contributed by atoms with Crippen LogP contribution < -0.4 is 5.32 Å². The first-order valence-electron chi connectivity index (χ1n) is 6.29. The Balaban J connectivity index is 2.44. The number of hydrogen-bond donors (Lipinski definition) is 1. The van der Waals surface area contributed by atoms with Gasteiger partial charge in [0.25, 0.3) is 0 Å². The highest BCUT2D eigenvalue weighted by molar-refractivity contribution is 9.11. The van der Waals surface area contributed by atoms with E-state index >= 15 is 0 Å². The van der Waals surface area contributed by atoms with E-state index in [1.54, 1.807) is 0 Å². The Labute approximate surface area is 131 Å². The highest BCUT2D eigenvalue weighted by atomic mass is 79.9. The molecule has 1 heterocycles. The summed E-state index contributed by atoms with van der Waals surface area (Å²) in [4.78, 5) is 2.71. The second-order valence-corrected chi connectivity index (χ2v) is 7.59. The van der Waals surface area contributed by atoms with E-state index in [0.29, 0.717) is 0 Å². The van der Waals surface area contributed by atoms with Gasteiger partial charge in [0.1, 0.15) is 0 Å². The van der Waals surface area contributed by atoms with Gasteiger partial charge in [0.15, 0.2) is 0 Å². The van der Waals surface area contributed by atoms with Gasteiger partial charge in [-0.2, -0.15) is 0 Å². The summed E-state index contributed by atoms with van der Waals surface area (Å²) in [6.07, 6.45) is 2.14. The lowest BCUT2D eigenvalue weighted by atomic mass is 10.0. The van der Waals surface area contributed by atoms with E-state index in [1.807, 2.05) is 23.1 Å². The van der Waals surface area contributed by atoms with Gasteiger partial charge in [0.05, 0.1) is 9.83 Å². The van der Waals surface area contributed by atoms with Crippen molar-refractivity contribution < 1.29 is 0 Å². The van der Waals surface area contributed by atoms with Crippen molar-refractivity contribution in [2.45, 2.75) is 24.8 Å². The molecule has 0 fully saturated rings. The largest absolute Gasteiger partial charge is 0.306 e. The average molecular weight is 356 g/mol. The normalized spacial score (nSPS) is 12.6. The van der Waals surface area contributed by atoms with Crippen LogP contribution in [-0.4, -0.2) is 12.8 Å². The second kappa shape index (κ2) is 6.93. The molecular formula is C15H18BrNS2. The smallest absolute Gasteiger partial charge is 0.0731 e. The fraction of sp³-hybridized carbons (Fsp3) is 0.333. The van der Waals surface area contributed by atoms with Crippen molar-refractivity contribution >= 4 is 39.0 Å². The highest BCUT2D eigenvalue weighted by Crippen LogP contribution is 2.37. The van der Waals surface area contributed by atoms with Crippen LogP contribution in [0.4, 0.5) is 0 Å². The predicted octanol–water partition coefficient (Wildman–Crippen LogP) is 5.24. The number of halogens is 1. The van der Waals surface area contributed by atoms with E-state index in [-0.39, 0.29) is 6.04 Å². The minimum Gasteiger partial charge on any atom is -0.306 e. The fourth-order valence-electron chi connectivity index (χ4n) is 2.10. The minimum absolute atomic E-state index is 0.281. The Hall–Kier alpha value is -0.290. The first-order chi connectivity index (χ1) is 9.17. The molecule has 0 radical (unpaired) electrons. The van der Waals surface area contributed by atoms with Gasteiger partial charge >= 0.3 is 0 Å². The van der Waals surface area contributed by atoms with E-state index in [2.05, 4.69) is 71.7 Å². The molecule has 102 valence electrons. The summed E-state index contributed by atoms with van der Waals surface area (Å²) in [6, 6.07) is 11.2. The third kappa shape index (κ3) is 3.43. The molecule has 1 N–H and O–H groups in total. The molecule has 19 heavy (non-hydrogen) atoms. The van der Waals surface area contributed by atoms with Crippen LogP contribution in [0.5, 0.6) is 0 Å². The van der Waals surface area contributed by atoms with Gasteiger partial charge in [-0.05, 0) is 58.9 Å². The summed E-state index contributed by atoms with van der Waals surface area (Å²) in [6.45, 7) is 5.26. The van der Waals surface area contributed by atoms with E-state index < -0.39 is 0 Å². The van der Waals surface area contributed by atoms with Gasteiger partial charge in [0, 0.05) is 9.77 Å². The number of thioether (sulfide) groups is 1. The van der Waals surface area contributed by atoms with Crippen molar-refractivity contribution in [3.05, 3.63) is 50.1 Å². The lowest BCUT2D eigenvalue weighted by Crippen LogP contribution is -2.21. The summed E-state index contributed by atoms with van der Waals surface area (Å²) in [7, 11) is 0. The molecule has 0 aliphatic heterocycles. The number of hydrogen-bond acceptors (Lipinski definition) is 3. The number of aryl methyl sites for hydroxylation is 1. The molecule has 1 nitrogen and oxygen atoms in total. The Kier molecular flexibility index (Phi) is 5.51. The van der Waals surface area contributed by atoms with Gasteiger partial charge < -0.3 is 5.32 Å². The molecule has 0 aliphatic carbocycles. The standard InChI is InChI=1S/C15H18BrNS2/c1-4-17-14(13-9-10(2)15(16)19-13)11-7-5-6-8-12(11)18-3/h5-9,14,17H,4H2,1-3H3. The van der Waals surface area contributed by atoms with Crippen molar-refractivity contribution in [1.82, 2.24) is 5.32 Å². The predicted molar refractivity (Wildman–Crippen MR) is 90.5 cm³/mol. The molecule has 4 heteroatoms. The molecule has 2 rings (SSSR count). The van der Waals surface area contributed by atoms with Gasteiger partial charge in [-0.15, -0.1) is 23.1 Å². The van der Waals surface area contributed by atoms with Gasteiger partial charge in [0.2, 0.25) is 0 Å². The first-order valence-corrected chi connectivity index (χ1v) is 9.13. The van der Waals surface area contributed by atoms with E-state index in [1.165, 1.54) is 24.7 Å². The molecule has 1 aromatic carbocycles. The SMILES string of the molecule is CCNC(c1cc(C)c(Br)s1)c1ccccc1SC. The van der Waals surface area contributed by atoms with E-state index in [4.69, 9.17) is 0 Å². The Morgan fingerprint density at radius 2 is 2.11 bits per heavy atom. The lowest BCUT2D eigenvalue weighted by molar-refractivity contribution is 0.631. The second-order valence-electron chi connectivity index (χ2n) is 4.34. The summed E-state index contributed by atoms with van der Waals surface area (Å²) >= 11 is 7.26. The van der Waals surface area contributed by atoms with E-state index in [9.17, 15) is 0 Å². The summed E-state index contributed by atoms with van der Waals surface area (Å²) in [5.74, 6) is 0. The molecule has 0 saturated carbocycles. The fourth-order valence-corrected chi connectivity index (χ4v) is 4.40. The van der Waals surface area contributed by atoms with Crippen LogP contribution in [0.3, 0.4) is 0 Å². The molecule has 1 unspecified atom stereocenters. The van der Waals surface area contributed by atoms with Crippen LogP contribution in [0.1, 0.15) is 29.0 Å². The summed E-state index contributed by atoms with van der Waals surface area (Å²) in [5, 5.41) is 3.61. The maximum absolute atomic E-state index is 3.63. The zero-order chi connectivity index (χ0) is 13.8. The van der Waals surface area contributed by atoms with Crippen molar-refractivity contribution in [2.75, 3.05) is 12.8 Å². The number of benzene rings is 1. The maximum Gasteiger partial charge on any atom is 0.0731 e. The van der Waals surface area contributed by atoms with Crippen LogP contribution in [0, 0.1) is 6.92 Å².